The highest BCUT2D eigenvalue weighted by molar-refractivity contribution is 5.79. The standard InChI is InChI=1S/C11H14N6/c1-2-10-14-16-11(17(10)12)15-13-8-9-6-4-3-5-7-9/h3-8H,2,12H2,1H3,(H,15,16). The third kappa shape index (κ3) is 2.60. The maximum atomic E-state index is 5.75. The van der Waals surface area contributed by atoms with E-state index in [1.165, 1.54) is 4.68 Å². The lowest BCUT2D eigenvalue weighted by Gasteiger charge is -2.00. The van der Waals surface area contributed by atoms with Gasteiger partial charge in [0.1, 0.15) is 0 Å². The molecule has 0 fully saturated rings. The van der Waals surface area contributed by atoms with Crippen molar-refractivity contribution in [3.8, 4) is 0 Å². The molecule has 0 unspecified atom stereocenters. The van der Waals surface area contributed by atoms with Crippen LogP contribution in [0, 0.1) is 0 Å². The van der Waals surface area contributed by atoms with Gasteiger partial charge in [0.2, 0.25) is 0 Å². The summed E-state index contributed by atoms with van der Waals surface area (Å²) in [6.07, 6.45) is 2.42. The van der Waals surface area contributed by atoms with Crippen LogP contribution >= 0.6 is 0 Å². The molecule has 1 aromatic heterocycles. The number of nitrogens with zero attached hydrogens (tertiary/aromatic N) is 4. The monoisotopic (exact) mass is 230 g/mol. The highest BCUT2D eigenvalue weighted by Crippen LogP contribution is 2.03. The van der Waals surface area contributed by atoms with Crippen molar-refractivity contribution in [2.45, 2.75) is 13.3 Å². The molecular weight excluding hydrogens is 216 g/mol. The van der Waals surface area contributed by atoms with E-state index in [0.29, 0.717) is 11.8 Å². The van der Waals surface area contributed by atoms with Crippen LogP contribution < -0.4 is 11.3 Å². The van der Waals surface area contributed by atoms with Crippen LogP contribution in [0.15, 0.2) is 35.4 Å². The number of nitrogens with two attached hydrogens (primary N) is 1. The largest absolute Gasteiger partial charge is 0.335 e. The lowest BCUT2D eigenvalue weighted by molar-refractivity contribution is 0.855. The third-order valence-electron chi connectivity index (χ3n) is 2.26. The molecule has 0 atom stereocenters. The molecular formula is C11H14N6. The molecule has 88 valence electrons. The fourth-order valence-electron chi connectivity index (χ4n) is 1.34. The number of hydrogen-bond acceptors (Lipinski definition) is 5. The summed E-state index contributed by atoms with van der Waals surface area (Å²) in [5.74, 6) is 6.88. The van der Waals surface area contributed by atoms with Gasteiger partial charge in [-0.2, -0.15) is 5.10 Å². The van der Waals surface area contributed by atoms with Gasteiger partial charge >= 0.3 is 0 Å². The molecule has 2 rings (SSSR count). The zero-order valence-corrected chi connectivity index (χ0v) is 9.54. The Morgan fingerprint density at radius 3 is 2.76 bits per heavy atom. The van der Waals surface area contributed by atoms with Gasteiger partial charge in [-0.3, -0.25) is 0 Å². The number of aromatic nitrogens is 3. The summed E-state index contributed by atoms with van der Waals surface area (Å²) in [6, 6.07) is 9.75. The van der Waals surface area contributed by atoms with Crippen LogP contribution in [-0.2, 0) is 6.42 Å². The molecule has 0 aliphatic heterocycles. The van der Waals surface area contributed by atoms with Gasteiger partial charge in [0.15, 0.2) is 5.82 Å². The minimum Gasteiger partial charge on any atom is -0.335 e. The van der Waals surface area contributed by atoms with Crippen molar-refractivity contribution in [3.63, 3.8) is 0 Å². The van der Waals surface area contributed by atoms with E-state index in [0.717, 1.165) is 12.0 Å². The van der Waals surface area contributed by atoms with E-state index in [1.807, 2.05) is 37.3 Å². The summed E-state index contributed by atoms with van der Waals surface area (Å²) in [7, 11) is 0. The first-order chi connectivity index (χ1) is 8.31. The van der Waals surface area contributed by atoms with Crippen LogP contribution in [0.4, 0.5) is 5.95 Å². The molecule has 1 aromatic carbocycles. The van der Waals surface area contributed by atoms with Gasteiger partial charge in [0.05, 0.1) is 6.21 Å². The van der Waals surface area contributed by atoms with Crippen LogP contribution in [0.25, 0.3) is 0 Å². The van der Waals surface area contributed by atoms with E-state index in [9.17, 15) is 0 Å². The molecule has 0 spiro atoms. The number of aryl methyl sites for hydroxylation is 1. The van der Waals surface area contributed by atoms with Crippen LogP contribution in [0.5, 0.6) is 0 Å². The number of nitrogens with one attached hydrogen (secondary N) is 1. The summed E-state index contributed by atoms with van der Waals surface area (Å²) in [5, 5.41) is 11.8. The third-order valence-corrected chi connectivity index (χ3v) is 2.26. The molecule has 2 aromatic rings. The topological polar surface area (TPSA) is 81.1 Å². The summed E-state index contributed by atoms with van der Waals surface area (Å²) in [4.78, 5) is 0. The molecule has 6 heteroatoms. The quantitative estimate of drug-likeness (QED) is 0.466. The van der Waals surface area contributed by atoms with Gasteiger partial charge in [-0.1, -0.05) is 37.3 Å². The number of hydrazone groups is 1. The van der Waals surface area contributed by atoms with Crippen molar-refractivity contribution in [2.75, 3.05) is 11.3 Å². The van der Waals surface area contributed by atoms with Crippen molar-refractivity contribution in [1.82, 2.24) is 14.9 Å². The minimum absolute atomic E-state index is 0.425. The van der Waals surface area contributed by atoms with E-state index >= 15 is 0 Å². The maximum Gasteiger partial charge on any atom is 0.263 e. The van der Waals surface area contributed by atoms with Gasteiger partial charge in [0.25, 0.3) is 5.95 Å². The zero-order chi connectivity index (χ0) is 12.1. The van der Waals surface area contributed by atoms with Crippen LogP contribution in [0.1, 0.15) is 18.3 Å². The molecule has 0 aliphatic carbocycles. The van der Waals surface area contributed by atoms with E-state index in [-0.39, 0.29) is 0 Å². The van der Waals surface area contributed by atoms with Gasteiger partial charge in [-0.05, 0) is 5.56 Å². The first-order valence-electron chi connectivity index (χ1n) is 5.34. The van der Waals surface area contributed by atoms with E-state index in [4.69, 9.17) is 5.84 Å². The lowest BCUT2D eigenvalue weighted by atomic mass is 10.2. The zero-order valence-electron chi connectivity index (χ0n) is 9.54. The Bertz CT molecular complexity index is 502. The highest BCUT2D eigenvalue weighted by atomic mass is 15.5. The minimum atomic E-state index is 0.425. The van der Waals surface area contributed by atoms with Crippen LogP contribution in [-0.4, -0.2) is 21.1 Å². The molecule has 1 heterocycles. The van der Waals surface area contributed by atoms with Crippen molar-refractivity contribution in [3.05, 3.63) is 41.7 Å². The highest BCUT2D eigenvalue weighted by Gasteiger charge is 2.05. The van der Waals surface area contributed by atoms with Crippen LogP contribution in [0.2, 0.25) is 0 Å². The fourth-order valence-corrected chi connectivity index (χ4v) is 1.34. The summed E-state index contributed by atoms with van der Waals surface area (Å²) < 4.78 is 1.39. The van der Waals surface area contributed by atoms with Gasteiger partial charge in [-0.15, -0.1) is 10.2 Å². The first-order valence-corrected chi connectivity index (χ1v) is 5.34. The normalized spacial score (nSPS) is 10.9. The number of hydrogen-bond donors (Lipinski definition) is 2. The van der Waals surface area contributed by atoms with Crippen LogP contribution in [0.3, 0.4) is 0 Å². The maximum absolute atomic E-state index is 5.75. The molecule has 0 aliphatic rings. The summed E-state index contributed by atoms with van der Waals surface area (Å²) in [6.45, 7) is 1.96. The molecule has 17 heavy (non-hydrogen) atoms. The van der Waals surface area contributed by atoms with Gasteiger partial charge < -0.3 is 5.84 Å². The second kappa shape index (κ2) is 5.11. The van der Waals surface area contributed by atoms with Gasteiger partial charge in [0, 0.05) is 6.42 Å². The SMILES string of the molecule is CCc1nnc(NN=Cc2ccccc2)n1N. The average molecular weight is 230 g/mol. The lowest BCUT2D eigenvalue weighted by Crippen LogP contribution is -2.14. The Hall–Kier alpha value is -2.37. The Morgan fingerprint density at radius 2 is 2.12 bits per heavy atom. The first kappa shape index (κ1) is 11.1. The number of benzene rings is 1. The van der Waals surface area contributed by atoms with Crippen molar-refractivity contribution in [2.24, 2.45) is 5.10 Å². The predicted molar refractivity (Wildman–Crippen MR) is 67.2 cm³/mol. The number of rotatable bonds is 4. The molecule has 6 nitrogen and oxygen atoms in total. The fraction of sp³-hybridized carbons (Fsp3) is 0.182. The number of anilines is 1. The van der Waals surface area contributed by atoms with Crippen molar-refractivity contribution >= 4 is 12.2 Å². The Labute approximate surface area is 99.1 Å². The smallest absolute Gasteiger partial charge is 0.263 e. The van der Waals surface area contributed by atoms with E-state index < -0.39 is 0 Å². The van der Waals surface area contributed by atoms with Crippen molar-refractivity contribution < 1.29 is 0 Å². The average Bonchev–Trinajstić information content (AvgIpc) is 2.72. The molecule has 0 saturated carbocycles. The molecule has 3 N–H and O–H groups in total. The van der Waals surface area contributed by atoms with Crippen molar-refractivity contribution in [1.29, 1.82) is 0 Å². The molecule has 0 radical (unpaired) electrons. The Morgan fingerprint density at radius 1 is 1.35 bits per heavy atom. The second-order valence-electron chi connectivity index (χ2n) is 3.44. The van der Waals surface area contributed by atoms with E-state index in [1.54, 1.807) is 6.21 Å². The Balaban J connectivity index is 2.03. The predicted octanol–water partition coefficient (Wildman–Crippen LogP) is 1.00. The molecule has 0 saturated heterocycles. The molecule has 0 bridgehead atoms. The summed E-state index contributed by atoms with van der Waals surface area (Å²) in [5.41, 5.74) is 3.75. The second-order valence-corrected chi connectivity index (χ2v) is 3.44. The van der Waals surface area contributed by atoms with E-state index in [2.05, 4.69) is 20.7 Å². The summed E-state index contributed by atoms with van der Waals surface area (Å²) >= 11 is 0. The molecule has 0 amide bonds. The van der Waals surface area contributed by atoms with Gasteiger partial charge in [-0.25, -0.2) is 10.1 Å². The number of nitrogen functional groups attached to an aromatic ring is 1. The Kier molecular flexibility index (Phi) is 3.34.